The molecule has 0 bridgehead atoms. The maximum absolute atomic E-state index is 5.99. The Balaban J connectivity index is 0.00000176. The quantitative estimate of drug-likeness (QED) is 0.898. The molecule has 1 aliphatic rings. The number of benzene rings is 1. The zero-order chi connectivity index (χ0) is 14.7. The van der Waals surface area contributed by atoms with Crippen LogP contribution in [0, 0.1) is 0 Å². The highest BCUT2D eigenvalue weighted by Crippen LogP contribution is 2.27. The summed E-state index contributed by atoms with van der Waals surface area (Å²) in [6.07, 6.45) is 2.83. The summed E-state index contributed by atoms with van der Waals surface area (Å²) < 4.78 is 0.768. The predicted octanol–water partition coefficient (Wildman–Crippen LogP) is 3.93. The molecule has 3 rings (SSSR count). The van der Waals surface area contributed by atoms with Gasteiger partial charge < -0.3 is 5.32 Å². The second-order valence-electron chi connectivity index (χ2n) is 5.34. The lowest BCUT2D eigenvalue weighted by atomic mass is 10.0. The number of thiazole rings is 1. The van der Waals surface area contributed by atoms with Crippen LogP contribution in [-0.2, 0) is 13.0 Å². The average Bonchev–Trinajstić information content (AvgIpc) is 2.93. The van der Waals surface area contributed by atoms with Gasteiger partial charge in [-0.05, 0) is 17.5 Å². The summed E-state index contributed by atoms with van der Waals surface area (Å²) in [6.45, 7) is 6.12. The standard InChI is InChI=1S/C16H20ClN3S.ClH/c1-2-12-3-5-13(6-4-12)14-9-18-7-8-20(14)11-16-19-10-15(17)21-16;/h3-6,10,14,18H,2,7-9,11H2,1H3;1H. The van der Waals surface area contributed by atoms with Crippen molar-refractivity contribution in [1.29, 1.82) is 0 Å². The van der Waals surface area contributed by atoms with Gasteiger partial charge in [-0.3, -0.25) is 4.90 Å². The van der Waals surface area contributed by atoms with E-state index in [2.05, 4.69) is 46.4 Å². The average molecular weight is 358 g/mol. The van der Waals surface area contributed by atoms with E-state index in [1.165, 1.54) is 11.1 Å². The van der Waals surface area contributed by atoms with Gasteiger partial charge in [0.25, 0.3) is 0 Å². The number of hydrogen-bond donors (Lipinski definition) is 1. The lowest BCUT2D eigenvalue weighted by Gasteiger charge is -2.36. The van der Waals surface area contributed by atoms with E-state index in [9.17, 15) is 0 Å². The van der Waals surface area contributed by atoms with Crippen LogP contribution in [0.4, 0.5) is 0 Å². The summed E-state index contributed by atoms with van der Waals surface area (Å²) in [5.74, 6) is 0. The van der Waals surface area contributed by atoms with Crippen molar-refractivity contribution in [2.24, 2.45) is 0 Å². The van der Waals surface area contributed by atoms with E-state index in [-0.39, 0.29) is 12.4 Å². The fourth-order valence-corrected chi connectivity index (χ4v) is 3.76. The van der Waals surface area contributed by atoms with Gasteiger partial charge in [0.05, 0.1) is 12.7 Å². The molecule has 1 fully saturated rings. The maximum atomic E-state index is 5.99. The Bertz CT molecular complexity index is 585. The molecule has 0 saturated carbocycles. The third kappa shape index (κ3) is 4.21. The molecule has 6 heteroatoms. The number of halogens is 2. The smallest absolute Gasteiger partial charge is 0.113 e. The van der Waals surface area contributed by atoms with Crippen molar-refractivity contribution >= 4 is 35.3 Å². The number of nitrogens with zero attached hydrogens (tertiary/aromatic N) is 2. The molecule has 0 radical (unpaired) electrons. The molecule has 0 spiro atoms. The Kier molecular flexibility index (Phi) is 6.66. The summed E-state index contributed by atoms with van der Waals surface area (Å²) in [7, 11) is 0. The molecule has 0 amide bonds. The van der Waals surface area contributed by atoms with Crippen molar-refractivity contribution < 1.29 is 0 Å². The van der Waals surface area contributed by atoms with Crippen molar-refractivity contribution in [2.45, 2.75) is 25.9 Å². The van der Waals surface area contributed by atoms with Crippen molar-refractivity contribution in [3.63, 3.8) is 0 Å². The van der Waals surface area contributed by atoms with E-state index in [4.69, 9.17) is 11.6 Å². The highest BCUT2D eigenvalue weighted by atomic mass is 35.5. The fraction of sp³-hybridized carbons (Fsp3) is 0.438. The van der Waals surface area contributed by atoms with Gasteiger partial charge in [-0.15, -0.1) is 23.7 Å². The largest absolute Gasteiger partial charge is 0.314 e. The molecule has 0 aliphatic carbocycles. The van der Waals surface area contributed by atoms with Crippen molar-refractivity contribution in [2.75, 3.05) is 19.6 Å². The van der Waals surface area contributed by atoms with Crippen molar-refractivity contribution in [1.82, 2.24) is 15.2 Å². The number of aromatic nitrogens is 1. The van der Waals surface area contributed by atoms with Crippen LogP contribution >= 0.6 is 35.3 Å². The zero-order valence-corrected chi connectivity index (χ0v) is 15.0. The van der Waals surface area contributed by atoms with Crippen LogP contribution in [0.15, 0.2) is 30.5 Å². The van der Waals surface area contributed by atoms with Gasteiger partial charge >= 0.3 is 0 Å². The molecule has 1 aliphatic heterocycles. The van der Waals surface area contributed by atoms with Crippen LogP contribution < -0.4 is 5.32 Å². The van der Waals surface area contributed by atoms with Crippen LogP contribution in [0.2, 0.25) is 4.34 Å². The van der Waals surface area contributed by atoms with Gasteiger partial charge in [-0.1, -0.05) is 42.8 Å². The Morgan fingerprint density at radius 2 is 2.14 bits per heavy atom. The Hall–Kier alpha value is -0.650. The van der Waals surface area contributed by atoms with Gasteiger partial charge in [-0.25, -0.2) is 4.98 Å². The first-order chi connectivity index (χ1) is 10.3. The monoisotopic (exact) mass is 357 g/mol. The minimum atomic E-state index is 0. The van der Waals surface area contributed by atoms with Gasteiger partial charge in [0, 0.05) is 25.7 Å². The van der Waals surface area contributed by atoms with E-state index < -0.39 is 0 Å². The molecule has 2 heterocycles. The number of aryl methyl sites for hydroxylation is 1. The first-order valence-corrected chi connectivity index (χ1v) is 8.59. The summed E-state index contributed by atoms with van der Waals surface area (Å²) in [6, 6.07) is 9.41. The predicted molar refractivity (Wildman–Crippen MR) is 96.2 cm³/mol. The van der Waals surface area contributed by atoms with E-state index in [0.717, 1.165) is 41.9 Å². The summed E-state index contributed by atoms with van der Waals surface area (Å²) in [5, 5.41) is 4.59. The van der Waals surface area contributed by atoms with E-state index >= 15 is 0 Å². The third-order valence-corrected chi connectivity index (χ3v) is 5.09. The molecule has 1 saturated heterocycles. The van der Waals surface area contributed by atoms with E-state index in [0.29, 0.717) is 6.04 Å². The summed E-state index contributed by atoms with van der Waals surface area (Å²) in [5.41, 5.74) is 2.77. The molecule has 2 aromatic rings. The van der Waals surface area contributed by atoms with Crippen LogP contribution in [0.1, 0.15) is 29.1 Å². The highest BCUT2D eigenvalue weighted by molar-refractivity contribution is 7.15. The molecule has 1 aromatic carbocycles. The van der Waals surface area contributed by atoms with Gasteiger partial charge in [0.15, 0.2) is 0 Å². The molecule has 1 unspecified atom stereocenters. The Morgan fingerprint density at radius 3 is 2.77 bits per heavy atom. The number of hydrogen-bond acceptors (Lipinski definition) is 4. The molecule has 22 heavy (non-hydrogen) atoms. The second-order valence-corrected chi connectivity index (χ2v) is 7.09. The number of rotatable bonds is 4. The van der Waals surface area contributed by atoms with Gasteiger partial charge in [0.2, 0.25) is 0 Å². The summed E-state index contributed by atoms with van der Waals surface area (Å²) >= 11 is 7.57. The SMILES string of the molecule is CCc1ccc(C2CNCCN2Cc2ncc(Cl)s2)cc1.Cl. The fourth-order valence-electron chi connectivity index (χ4n) is 2.77. The Morgan fingerprint density at radius 1 is 1.36 bits per heavy atom. The molecular formula is C16H21Cl2N3S. The second kappa shape index (κ2) is 8.27. The van der Waals surface area contributed by atoms with Gasteiger partial charge in [-0.2, -0.15) is 0 Å². The lowest BCUT2D eigenvalue weighted by molar-refractivity contribution is 0.153. The minimum absolute atomic E-state index is 0. The normalized spacial score (nSPS) is 18.9. The summed E-state index contributed by atoms with van der Waals surface area (Å²) in [4.78, 5) is 6.88. The molecule has 120 valence electrons. The van der Waals surface area contributed by atoms with E-state index in [1.807, 2.05) is 0 Å². The van der Waals surface area contributed by atoms with Crippen LogP contribution in [-0.4, -0.2) is 29.5 Å². The number of piperazine rings is 1. The van der Waals surface area contributed by atoms with Gasteiger partial charge in [0.1, 0.15) is 9.34 Å². The number of nitrogens with one attached hydrogen (secondary N) is 1. The minimum Gasteiger partial charge on any atom is -0.314 e. The maximum Gasteiger partial charge on any atom is 0.113 e. The first-order valence-electron chi connectivity index (χ1n) is 7.40. The van der Waals surface area contributed by atoms with Crippen LogP contribution in [0.5, 0.6) is 0 Å². The topological polar surface area (TPSA) is 28.2 Å². The van der Waals surface area contributed by atoms with Crippen molar-refractivity contribution in [3.8, 4) is 0 Å². The molecule has 1 aromatic heterocycles. The van der Waals surface area contributed by atoms with Crippen LogP contribution in [0.3, 0.4) is 0 Å². The zero-order valence-electron chi connectivity index (χ0n) is 12.6. The molecule has 1 atom stereocenters. The molecule has 1 N–H and O–H groups in total. The van der Waals surface area contributed by atoms with Crippen LogP contribution in [0.25, 0.3) is 0 Å². The first kappa shape index (κ1) is 17.7. The lowest BCUT2D eigenvalue weighted by Crippen LogP contribution is -2.45. The molecule has 3 nitrogen and oxygen atoms in total. The van der Waals surface area contributed by atoms with E-state index in [1.54, 1.807) is 17.5 Å². The van der Waals surface area contributed by atoms with Crippen molar-refractivity contribution in [3.05, 3.63) is 50.9 Å². The highest BCUT2D eigenvalue weighted by Gasteiger charge is 2.24. The Labute approximate surface area is 147 Å². The third-order valence-electron chi connectivity index (χ3n) is 3.99. The molecular weight excluding hydrogens is 337 g/mol.